The molecule has 0 aliphatic carbocycles. The van der Waals surface area contributed by atoms with Crippen LogP contribution in [0.25, 0.3) is 37.7 Å². The van der Waals surface area contributed by atoms with Crippen LogP contribution in [0.4, 0.5) is 0 Å². The highest BCUT2D eigenvalue weighted by Crippen LogP contribution is 2.39. The number of nitrogens with zero attached hydrogens (tertiary/aromatic N) is 2. The van der Waals surface area contributed by atoms with Gasteiger partial charge in [-0.25, -0.2) is 4.98 Å². The Morgan fingerprint density at radius 2 is 1.67 bits per heavy atom. The standard InChI is InChI=1S/C23H18N2OS/c1-15-8-13-20-19(14-15)25-22(17-9-11-18(26-2)12-10-17)21(24-23(25)27-20)16-6-4-3-5-7-16/h3-14H,1-2H3. The largest absolute Gasteiger partial charge is 0.497 e. The fraction of sp³-hybridized carbons (Fsp3) is 0.0870. The van der Waals surface area contributed by atoms with E-state index >= 15 is 0 Å². The molecule has 0 atom stereocenters. The zero-order valence-electron chi connectivity index (χ0n) is 15.1. The summed E-state index contributed by atoms with van der Waals surface area (Å²) in [5.41, 5.74) is 6.84. The Bertz CT molecular complexity index is 1250. The van der Waals surface area contributed by atoms with Gasteiger partial charge < -0.3 is 4.74 Å². The summed E-state index contributed by atoms with van der Waals surface area (Å²) < 4.78 is 8.88. The quantitative estimate of drug-likeness (QED) is 0.378. The Balaban J connectivity index is 1.87. The van der Waals surface area contributed by atoms with Crippen LogP contribution in [-0.2, 0) is 0 Å². The van der Waals surface area contributed by atoms with Crippen LogP contribution in [0.2, 0.25) is 0 Å². The number of aryl methyl sites for hydroxylation is 1. The molecule has 0 fully saturated rings. The Kier molecular flexibility index (Phi) is 3.73. The van der Waals surface area contributed by atoms with Gasteiger partial charge in [-0.1, -0.05) is 47.7 Å². The Morgan fingerprint density at radius 3 is 2.41 bits per heavy atom. The molecule has 27 heavy (non-hydrogen) atoms. The van der Waals surface area contributed by atoms with Crippen molar-refractivity contribution in [1.82, 2.24) is 9.38 Å². The van der Waals surface area contributed by atoms with E-state index in [9.17, 15) is 0 Å². The smallest absolute Gasteiger partial charge is 0.195 e. The third-order valence-corrected chi connectivity index (χ3v) is 5.84. The maximum Gasteiger partial charge on any atom is 0.195 e. The summed E-state index contributed by atoms with van der Waals surface area (Å²) in [5, 5.41) is 0. The van der Waals surface area contributed by atoms with Gasteiger partial charge in [-0.15, -0.1) is 0 Å². The maximum absolute atomic E-state index is 5.34. The molecule has 0 N–H and O–H groups in total. The number of hydrogen-bond donors (Lipinski definition) is 0. The molecule has 132 valence electrons. The van der Waals surface area contributed by atoms with Gasteiger partial charge in [0.25, 0.3) is 0 Å². The first-order valence-electron chi connectivity index (χ1n) is 8.86. The number of thiazole rings is 1. The van der Waals surface area contributed by atoms with Crippen LogP contribution in [0.3, 0.4) is 0 Å². The van der Waals surface area contributed by atoms with Crippen LogP contribution in [0.1, 0.15) is 5.56 Å². The molecular formula is C23H18N2OS. The van der Waals surface area contributed by atoms with E-state index in [1.807, 2.05) is 18.2 Å². The molecule has 2 heterocycles. The third-order valence-electron chi connectivity index (χ3n) is 4.81. The molecule has 0 aliphatic heterocycles. The van der Waals surface area contributed by atoms with Crippen LogP contribution < -0.4 is 4.74 Å². The highest BCUT2D eigenvalue weighted by molar-refractivity contribution is 7.23. The average molecular weight is 370 g/mol. The number of imidazole rings is 1. The van der Waals surface area contributed by atoms with Crippen molar-refractivity contribution in [1.29, 1.82) is 0 Å². The van der Waals surface area contributed by atoms with Gasteiger partial charge in [-0.3, -0.25) is 4.40 Å². The van der Waals surface area contributed by atoms with E-state index < -0.39 is 0 Å². The minimum Gasteiger partial charge on any atom is -0.497 e. The minimum absolute atomic E-state index is 0.854. The second kappa shape index (κ2) is 6.25. The monoisotopic (exact) mass is 370 g/mol. The molecule has 0 saturated heterocycles. The van der Waals surface area contributed by atoms with Gasteiger partial charge >= 0.3 is 0 Å². The van der Waals surface area contributed by atoms with E-state index in [4.69, 9.17) is 9.72 Å². The predicted molar refractivity (Wildman–Crippen MR) is 113 cm³/mol. The highest BCUT2D eigenvalue weighted by atomic mass is 32.1. The van der Waals surface area contributed by atoms with Crippen molar-refractivity contribution < 1.29 is 4.74 Å². The molecule has 0 unspecified atom stereocenters. The summed E-state index contributed by atoms with van der Waals surface area (Å²) in [6, 6.07) is 25.2. The number of aromatic nitrogens is 2. The van der Waals surface area contributed by atoms with E-state index in [-0.39, 0.29) is 0 Å². The Labute approximate surface area is 161 Å². The number of hydrogen-bond acceptors (Lipinski definition) is 3. The fourth-order valence-electron chi connectivity index (χ4n) is 3.49. The number of benzene rings is 3. The SMILES string of the molecule is COc1ccc(-c2c(-c3ccccc3)nc3sc4ccc(C)cc4n23)cc1. The molecule has 3 nitrogen and oxygen atoms in total. The molecule has 0 amide bonds. The van der Waals surface area contributed by atoms with Gasteiger partial charge in [-0.05, 0) is 48.9 Å². The molecule has 0 saturated carbocycles. The van der Waals surface area contributed by atoms with Crippen molar-refractivity contribution in [2.24, 2.45) is 0 Å². The Hall–Kier alpha value is -3.11. The normalized spacial score (nSPS) is 11.3. The average Bonchev–Trinajstić information content (AvgIpc) is 3.25. The summed E-state index contributed by atoms with van der Waals surface area (Å²) in [5.74, 6) is 0.854. The van der Waals surface area contributed by atoms with Gasteiger partial charge in [-0.2, -0.15) is 0 Å². The first-order chi connectivity index (χ1) is 13.2. The summed E-state index contributed by atoms with van der Waals surface area (Å²) in [6.07, 6.45) is 0. The van der Waals surface area contributed by atoms with Gasteiger partial charge in [0.2, 0.25) is 0 Å². The van der Waals surface area contributed by atoms with Crippen LogP contribution in [0.5, 0.6) is 5.75 Å². The van der Waals surface area contributed by atoms with Crippen molar-refractivity contribution in [3.8, 4) is 28.3 Å². The van der Waals surface area contributed by atoms with Gasteiger partial charge in [0.05, 0.1) is 28.7 Å². The lowest BCUT2D eigenvalue weighted by Crippen LogP contribution is -1.90. The number of rotatable bonds is 3. The molecule has 2 aromatic heterocycles. The van der Waals surface area contributed by atoms with Crippen molar-refractivity contribution in [3.05, 3.63) is 78.4 Å². The van der Waals surface area contributed by atoms with E-state index in [0.717, 1.165) is 33.2 Å². The van der Waals surface area contributed by atoms with E-state index in [0.29, 0.717) is 0 Å². The van der Waals surface area contributed by atoms with Crippen molar-refractivity contribution in [3.63, 3.8) is 0 Å². The lowest BCUT2D eigenvalue weighted by Gasteiger charge is -2.07. The second-order valence-corrected chi connectivity index (χ2v) is 7.60. The Morgan fingerprint density at radius 1 is 0.889 bits per heavy atom. The molecular weight excluding hydrogens is 352 g/mol. The fourth-order valence-corrected chi connectivity index (χ4v) is 4.50. The second-order valence-electron chi connectivity index (χ2n) is 6.59. The predicted octanol–water partition coefficient (Wildman–Crippen LogP) is 6.20. The van der Waals surface area contributed by atoms with E-state index in [1.54, 1.807) is 18.4 Å². The minimum atomic E-state index is 0.854. The summed E-state index contributed by atoms with van der Waals surface area (Å²) in [4.78, 5) is 6.03. The highest BCUT2D eigenvalue weighted by Gasteiger charge is 2.19. The molecule has 0 spiro atoms. The molecule has 0 aliphatic rings. The van der Waals surface area contributed by atoms with Crippen LogP contribution in [0, 0.1) is 6.92 Å². The zero-order valence-corrected chi connectivity index (χ0v) is 16.0. The van der Waals surface area contributed by atoms with Gasteiger partial charge in [0, 0.05) is 11.1 Å². The van der Waals surface area contributed by atoms with Crippen molar-refractivity contribution in [2.45, 2.75) is 6.92 Å². The zero-order chi connectivity index (χ0) is 18.4. The van der Waals surface area contributed by atoms with Crippen LogP contribution in [0.15, 0.2) is 72.8 Å². The van der Waals surface area contributed by atoms with Gasteiger partial charge in [0.15, 0.2) is 4.96 Å². The lowest BCUT2D eigenvalue weighted by molar-refractivity contribution is 0.415. The molecule has 0 radical (unpaired) electrons. The third kappa shape index (κ3) is 2.61. The number of ether oxygens (including phenoxy) is 1. The number of methoxy groups -OCH3 is 1. The molecule has 0 bridgehead atoms. The summed E-state index contributed by atoms with van der Waals surface area (Å²) in [6.45, 7) is 2.13. The molecule has 5 aromatic rings. The van der Waals surface area contributed by atoms with Crippen molar-refractivity contribution >= 4 is 26.5 Å². The van der Waals surface area contributed by atoms with Gasteiger partial charge in [0.1, 0.15) is 5.75 Å². The number of fused-ring (bicyclic) bond motifs is 3. The van der Waals surface area contributed by atoms with Crippen LogP contribution in [-0.4, -0.2) is 16.5 Å². The maximum atomic E-state index is 5.34. The summed E-state index contributed by atoms with van der Waals surface area (Å²) in [7, 11) is 1.69. The van der Waals surface area contributed by atoms with Crippen molar-refractivity contribution in [2.75, 3.05) is 7.11 Å². The molecule has 3 aromatic carbocycles. The topological polar surface area (TPSA) is 26.5 Å². The lowest BCUT2D eigenvalue weighted by atomic mass is 10.0. The van der Waals surface area contributed by atoms with Crippen LogP contribution >= 0.6 is 11.3 Å². The summed E-state index contributed by atoms with van der Waals surface area (Å²) >= 11 is 1.73. The van der Waals surface area contributed by atoms with E-state index in [2.05, 4.69) is 65.9 Å². The van der Waals surface area contributed by atoms with E-state index in [1.165, 1.54) is 15.8 Å². The first kappa shape index (κ1) is 16.1. The molecule has 4 heteroatoms. The molecule has 5 rings (SSSR count). The first-order valence-corrected chi connectivity index (χ1v) is 9.68.